The van der Waals surface area contributed by atoms with Crippen LogP contribution in [0.3, 0.4) is 0 Å². The zero-order valence-corrected chi connectivity index (χ0v) is 11.7. The van der Waals surface area contributed by atoms with E-state index < -0.39 is 0 Å². The first-order chi connectivity index (χ1) is 8.66. The van der Waals surface area contributed by atoms with Crippen molar-refractivity contribution in [2.24, 2.45) is 5.73 Å². The first kappa shape index (κ1) is 13.6. The summed E-state index contributed by atoms with van der Waals surface area (Å²) in [6.07, 6.45) is -0.134. The molecule has 0 aliphatic rings. The highest BCUT2D eigenvalue weighted by atomic mass is 35.5. The summed E-state index contributed by atoms with van der Waals surface area (Å²) in [7, 11) is 0. The number of halogens is 1. The molecule has 2 unspecified atom stereocenters. The van der Waals surface area contributed by atoms with Gasteiger partial charge in [0.25, 0.3) is 0 Å². The molecule has 0 radical (unpaired) electrons. The molecule has 2 aromatic rings. The predicted molar refractivity (Wildman–Crippen MR) is 77.0 cm³/mol. The molecule has 0 aliphatic carbocycles. The van der Waals surface area contributed by atoms with Crippen molar-refractivity contribution in [2.75, 3.05) is 0 Å². The van der Waals surface area contributed by atoms with E-state index in [0.29, 0.717) is 11.6 Å². The lowest BCUT2D eigenvalue weighted by atomic mass is 10.0. The van der Waals surface area contributed by atoms with Gasteiger partial charge in [0.2, 0.25) is 0 Å². The molecule has 0 saturated carbocycles. The maximum absolute atomic E-state index is 6.00. The van der Waals surface area contributed by atoms with E-state index in [1.807, 2.05) is 42.6 Å². The third-order valence-electron chi connectivity index (χ3n) is 2.64. The summed E-state index contributed by atoms with van der Waals surface area (Å²) in [5, 5.41) is 2.75. The Morgan fingerprint density at radius 2 is 2.17 bits per heavy atom. The van der Waals surface area contributed by atoms with Gasteiger partial charge in [-0.1, -0.05) is 29.8 Å². The van der Waals surface area contributed by atoms with Crippen molar-refractivity contribution in [2.45, 2.75) is 25.7 Å². The minimum atomic E-state index is -0.134. The van der Waals surface area contributed by atoms with Crippen molar-refractivity contribution in [1.29, 1.82) is 0 Å². The van der Waals surface area contributed by atoms with E-state index in [9.17, 15) is 0 Å². The Morgan fingerprint density at radius 1 is 1.33 bits per heavy atom. The highest BCUT2D eigenvalue weighted by Gasteiger charge is 2.17. The maximum atomic E-state index is 6.00. The summed E-state index contributed by atoms with van der Waals surface area (Å²) in [6, 6.07) is 11.7. The fourth-order valence-corrected chi connectivity index (χ4v) is 2.63. The van der Waals surface area contributed by atoms with Gasteiger partial charge in [0.15, 0.2) is 0 Å². The molecule has 0 saturated heterocycles. The van der Waals surface area contributed by atoms with Crippen molar-refractivity contribution in [3.8, 4) is 0 Å². The minimum absolute atomic E-state index is 0.0802. The second-order valence-electron chi connectivity index (χ2n) is 4.23. The normalized spacial score (nSPS) is 14.4. The Kier molecular flexibility index (Phi) is 4.78. The lowest BCUT2D eigenvalue weighted by Gasteiger charge is -2.21. The monoisotopic (exact) mass is 281 g/mol. The first-order valence-corrected chi connectivity index (χ1v) is 7.07. The van der Waals surface area contributed by atoms with Gasteiger partial charge in [-0.2, -0.15) is 0 Å². The smallest absolute Gasteiger partial charge is 0.0978 e. The Labute approximate surface area is 116 Å². The number of nitrogens with two attached hydrogens (primary N) is 1. The summed E-state index contributed by atoms with van der Waals surface area (Å²) in [4.78, 5) is 1.20. The Morgan fingerprint density at radius 3 is 2.78 bits per heavy atom. The van der Waals surface area contributed by atoms with Crippen LogP contribution < -0.4 is 5.73 Å². The summed E-state index contributed by atoms with van der Waals surface area (Å²) < 4.78 is 5.92. The van der Waals surface area contributed by atoms with E-state index >= 15 is 0 Å². The SMILES string of the molecule is CC(N)C(OCc1cccs1)c1cccc(Cl)c1. The molecule has 4 heteroatoms. The van der Waals surface area contributed by atoms with Crippen LogP contribution in [-0.2, 0) is 11.3 Å². The minimum Gasteiger partial charge on any atom is -0.366 e. The van der Waals surface area contributed by atoms with Crippen LogP contribution in [0.2, 0.25) is 5.02 Å². The van der Waals surface area contributed by atoms with Crippen LogP contribution in [0.5, 0.6) is 0 Å². The molecule has 0 bridgehead atoms. The fourth-order valence-electron chi connectivity index (χ4n) is 1.80. The molecule has 96 valence electrons. The molecule has 2 nitrogen and oxygen atoms in total. The molecule has 1 aromatic heterocycles. The Bertz CT molecular complexity index is 484. The summed E-state index contributed by atoms with van der Waals surface area (Å²) in [5.74, 6) is 0. The van der Waals surface area contributed by atoms with Crippen molar-refractivity contribution in [3.05, 3.63) is 57.2 Å². The third kappa shape index (κ3) is 3.56. The lowest BCUT2D eigenvalue weighted by Crippen LogP contribution is -2.26. The molecule has 2 N–H and O–H groups in total. The number of benzene rings is 1. The molecule has 18 heavy (non-hydrogen) atoms. The zero-order chi connectivity index (χ0) is 13.0. The van der Waals surface area contributed by atoms with Crippen molar-refractivity contribution in [1.82, 2.24) is 0 Å². The van der Waals surface area contributed by atoms with Gasteiger partial charge < -0.3 is 10.5 Å². The van der Waals surface area contributed by atoms with Gasteiger partial charge in [-0.15, -0.1) is 11.3 Å². The molecule has 0 fully saturated rings. The molecule has 1 aromatic carbocycles. The van der Waals surface area contributed by atoms with Crippen LogP contribution in [0.4, 0.5) is 0 Å². The van der Waals surface area contributed by atoms with Crippen molar-refractivity contribution in [3.63, 3.8) is 0 Å². The second kappa shape index (κ2) is 6.34. The second-order valence-corrected chi connectivity index (χ2v) is 5.69. The van der Waals surface area contributed by atoms with E-state index in [4.69, 9.17) is 22.1 Å². The standard InChI is InChI=1S/C14H16ClNOS/c1-10(16)14(11-4-2-5-12(15)8-11)17-9-13-6-3-7-18-13/h2-8,10,14H,9,16H2,1H3. The average molecular weight is 282 g/mol. The van der Waals surface area contributed by atoms with Crippen molar-refractivity contribution < 1.29 is 4.74 Å². The zero-order valence-electron chi connectivity index (χ0n) is 10.2. The van der Waals surface area contributed by atoms with Gasteiger partial charge in [0, 0.05) is 15.9 Å². The third-order valence-corrected chi connectivity index (χ3v) is 3.72. The number of hydrogen-bond acceptors (Lipinski definition) is 3. The van der Waals surface area contributed by atoms with Gasteiger partial charge in [0.1, 0.15) is 0 Å². The summed E-state index contributed by atoms with van der Waals surface area (Å²) >= 11 is 7.68. The lowest BCUT2D eigenvalue weighted by molar-refractivity contribution is 0.0274. The fraction of sp³-hybridized carbons (Fsp3) is 0.286. The van der Waals surface area contributed by atoms with Gasteiger partial charge in [0.05, 0.1) is 12.7 Å². The average Bonchev–Trinajstić information content (AvgIpc) is 2.82. The predicted octanol–water partition coefficient (Wildman–Crippen LogP) is 4.01. The molecule has 0 aliphatic heterocycles. The number of rotatable bonds is 5. The van der Waals surface area contributed by atoms with E-state index in [2.05, 4.69) is 6.07 Å². The van der Waals surface area contributed by atoms with E-state index in [1.54, 1.807) is 11.3 Å². The van der Waals surface area contributed by atoms with Crippen LogP contribution >= 0.6 is 22.9 Å². The molecular weight excluding hydrogens is 266 g/mol. The highest BCUT2D eigenvalue weighted by molar-refractivity contribution is 7.09. The van der Waals surface area contributed by atoms with Crippen molar-refractivity contribution >= 4 is 22.9 Å². The van der Waals surface area contributed by atoms with Gasteiger partial charge in [-0.25, -0.2) is 0 Å². The Hall–Kier alpha value is -0.870. The number of thiophene rings is 1. The summed E-state index contributed by atoms with van der Waals surface area (Å²) in [6.45, 7) is 2.52. The topological polar surface area (TPSA) is 35.2 Å². The molecule has 2 rings (SSSR count). The van der Waals surface area contributed by atoms with E-state index in [-0.39, 0.29) is 12.1 Å². The molecular formula is C14H16ClNOS. The van der Waals surface area contributed by atoms with Crippen LogP contribution in [0, 0.1) is 0 Å². The quantitative estimate of drug-likeness (QED) is 0.899. The van der Waals surface area contributed by atoms with E-state index in [1.165, 1.54) is 4.88 Å². The largest absolute Gasteiger partial charge is 0.366 e. The van der Waals surface area contributed by atoms with Crippen LogP contribution in [-0.4, -0.2) is 6.04 Å². The van der Waals surface area contributed by atoms with E-state index in [0.717, 1.165) is 5.56 Å². The van der Waals surface area contributed by atoms with Crippen LogP contribution in [0.1, 0.15) is 23.5 Å². The van der Waals surface area contributed by atoms with Gasteiger partial charge in [-0.05, 0) is 36.1 Å². The van der Waals surface area contributed by atoms with Gasteiger partial charge in [-0.3, -0.25) is 0 Å². The number of hydrogen-bond donors (Lipinski definition) is 1. The van der Waals surface area contributed by atoms with Crippen LogP contribution in [0.15, 0.2) is 41.8 Å². The first-order valence-electron chi connectivity index (χ1n) is 5.82. The van der Waals surface area contributed by atoms with Gasteiger partial charge >= 0.3 is 0 Å². The molecule has 0 amide bonds. The Balaban J connectivity index is 2.08. The highest BCUT2D eigenvalue weighted by Crippen LogP contribution is 2.25. The molecule has 0 spiro atoms. The molecule has 1 heterocycles. The molecule has 2 atom stereocenters. The number of ether oxygens (including phenoxy) is 1. The van der Waals surface area contributed by atoms with Crippen LogP contribution in [0.25, 0.3) is 0 Å². The summed E-state index contributed by atoms with van der Waals surface area (Å²) in [5.41, 5.74) is 7.02. The maximum Gasteiger partial charge on any atom is 0.0978 e.